The third kappa shape index (κ3) is 36.7. The maximum absolute atomic E-state index is 9.31. The molecule has 292 valence electrons. The molecule has 0 amide bonds. The van der Waals surface area contributed by atoms with Crippen LogP contribution >= 0.6 is 0 Å². The number of aliphatic hydroxyl groups excluding tert-OH is 6. The van der Waals surface area contributed by atoms with Crippen LogP contribution in [0.1, 0.15) is 44.9 Å². The molecule has 4 rings (SSSR count). The van der Waals surface area contributed by atoms with E-state index in [0.29, 0.717) is 26.4 Å². The van der Waals surface area contributed by atoms with Gasteiger partial charge in [-0.25, -0.2) is 0 Å². The zero-order valence-electron chi connectivity index (χ0n) is 32.0. The van der Waals surface area contributed by atoms with E-state index in [9.17, 15) is 5.11 Å². The van der Waals surface area contributed by atoms with E-state index in [4.69, 9.17) is 39.7 Å². The van der Waals surface area contributed by atoms with Crippen molar-refractivity contribution in [3.05, 3.63) is 0 Å². The number of hydrogen-bond donors (Lipinski definition) is 6. The Hall–Kier alpha value is -0.560. The number of rotatable bonds is 8. The molecular formula is C34H77N5O9. The highest BCUT2D eigenvalue weighted by atomic mass is 16.5. The molecule has 4 saturated heterocycles. The van der Waals surface area contributed by atoms with Gasteiger partial charge in [0.15, 0.2) is 0 Å². The van der Waals surface area contributed by atoms with Crippen molar-refractivity contribution in [2.24, 2.45) is 0 Å². The number of likely N-dealkylation sites (N-methyl/N-ethyl adjacent to an activating group) is 4. The molecule has 0 aromatic heterocycles. The smallest absolute Gasteiger partial charge is 0.0899 e. The minimum atomic E-state index is -0.356. The highest BCUT2D eigenvalue weighted by molar-refractivity contribution is 4.68. The van der Waals surface area contributed by atoms with Crippen molar-refractivity contribution >= 4 is 0 Å². The predicted octanol–water partition coefficient (Wildman–Crippen LogP) is -0.903. The minimum Gasteiger partial charge on any atom is -0.393 e. The lowest BCUT2D eigenvalue weighted by Crippen LogP contribution is -2.34. The Kier molecular flexibility index (Phi) is 33.4. The normalized spacial score (nSPS) is 24.2. The number of ether oxygens (including phenoxy) is 3. The molecule has 4 aliphatic rings. The topological polar surface area (TPSA) is 165 Å². The molecule has 0 aliphatic carbocycles. The van der Waals surface area contributed by atoms with Gasteiger partial charge in [0.1, 0.15) is 0 Å². The molecule has 0 spiro atoms. The Morgan fingerprint density at radius 3 is 1.38 bits per heavy atom. The molecular weight excluding hydrogens is 622 g/mol. The van der Waals surface area contributed by atoms with Gasteiger partial charge in [-0.3, -0.25) is 0 Å². The van der Waals surface area contributed by atoms with Crippen molar-refractivity contribution in [1.29, 1.82) is 0 Å². The van der Waals surface area contributed by atoms with Crippen LogP contribution in [0.4, 0.5) is 0 Å². The lowest BCUT2D eigenvalue weighted by Gasteiger charge is -2.25. The van der Waals surface area contributed by atoms with Crippen molar-refractivity contribution in [3.63, 3.8) is 0 Å². The van der Waals surface area contributed by atoms with E-state index in [2.05, 4.69) is 16.8 Å². The average Bonchev–Trinajstić information content (AvgIpc) is 3.46. The first-order valence-corrected chi connectivity index (χ1v) is 17.6. The van der Waals surface area contributed by atoms with Gasteiger partial charge < -0.3 is 69.3 Å². The highest BCUT2D eigenvalue weighted by Crippen LogP contribution is 2.07. The molecule has 4 heterocycles. The summed E-state index contributed by atoms with van der Waals surface area (Å²) in [5, 5.41) is 53.8. The molecule has 6 N–H and O–H groups in total. The molecule has 0 aromatic rings. The fraction of sp³-hybridized carbons (Fsp3) is 1.00. The van der Waals surface area contributed by atoms with Crippen LogP contribution in [0.2, 0.25) is 0 Å². The van der Waals surface area contributed by atoms with Crippen LogP contribution in [0.3, 0.4) is 0 Å². The van der Waals surface area contributed by atoms with Crippen LogP contribution in [0.25, 0.3) is 0 Å². The number of methoxy groups -OCH3 is 1. The molecule has 4 aliphatic heterocycles. The maximum Gasteiger partial charge on any atom is 0.0899 e. The predicted molar refractivity (Wildman–Crippen MR) is 193 cm³/mol. The fourth-order valence-electron chi connectivity index (χ4n) is 4.95. The Bertz CT molecular complexity index is 637. The quantitative estimate of drug-likeness (QED) is 0.185. The molecule has 48 heavy (non-hydrogen) atoms. The van der Waals surface area contributed by atoms with E-state index >= 15 is 0 Å². The van der Waals surface area contributed by atoms with Crippen molar-refractivity contribution in [1.82, 2.24) is 24.5 Å². The Labute approximate surface area is 293 Å². The zero-order chi connectivity index (χ0) is 36.9. The standard InChI is InChI=1S/C7H18N2O.C6H15NO2.2C6H13NO.C5H10O2.C4H8O2/c1-8(2)5-7(10)6-9(3)4;1-7(2)4-6(8)5-9-3;1-7-4-2-6(8)3-5-7;1-7-4-2-3-6(8)5-7;6-5-2-1-3-7-4-5;5-4-1-2-6-3-4/h7,10H,5-6H2,1-4H3;6,8H,4-5H2,1-3H3;2*6,8H,2-5H2,1H3;5-6H,1-4H2;4-5H,1-3H2. The van der Waals surface area contributed by atoms with Crippen LogP contribution in [-0.4, -0.2) is 234 Å². The van der Waals surface area contributed by atoms with Crippen LogP contribution < -0.4 is 0 Å². The summed E-state index contributed by atoms with van der Waals surface area (Å²) in [7, 11) is 17.4. The number of hydrogen-bond acceptors (Lipinski definition) is 14. The van der Waals surface area contributed by atoms with Gasteiger partial charge in [-0.2, -0.15) is 0 Å². The molecule has 0 saturated carbocycles. The van der Waals surface area contributed by atoms with Crippen LogP contribution in [0.15, 0.2) is 0 Å². The Morgan fingerprint density at radius 2 is 1.08 bits per heavy atom. The molecule has 0 bridgehead atoms. The first-order chi connectivity index (χ1) is 22.5. The number of aliphatic hydroxyl groups is 6. The van der Waals surface area contributed by atoms with Crippen LogP contribution in [0, 0.1) is 0 Å². The van der Waals surface area contributed by atoms with Gasteiger partial charge >= 0.3 is 0 Å². The average molecular weight is 700 g/mol. The second kappa shape index (κ2) is 32.4. The monoisotopic (exact) mass is 700 g/mol. The van der Waals surface area contributed by atoms with Crippen molar-refractivity contribution in [3.8, 4) is 0 Å². The molecule has 4 atom stereocenters. The van der Waals surface area contributed by atoms with E-state index in [1.165, 1.54) is 0 Å². The summed E-state index contributed by atoms with van der Waals surface area (Å²) >= 11 is 0. The number of piperidine rings is 2. The maximum atomic E-state index is 9.31. The van der Waals surface area contributed by atoms with Crippen molar-refractivity contribution < 1.29 is 44.8 Å². The number of nitrogens with zero attached hydrogens (tertiary/aromatic N) is 5. The van der Waals surface area contributed by atoms with Crippen LogP contribution in [-0.2, 0) is 14.2 Å². The van der Waals surface area contributed by atoms with E-state index < -0.39 is 0 Å². The largest absolute Gasteiger partial charge is 0.393 e. The van der Waals surface area contributed by atoms with Gasteiger partial charge in [-0.15, -0.1) is 0 Å². The van der Waals surface area contributed by atoms with E-state index in [-0.39, 0.29) is 36.6 Å². The number of likely N-dealkylation sites (tertiary alicyclic amines) is 2. The molecule has 14 heteroatoms. The van der Waals surface area contributed by atoms with Crippen molar-refractivity contribution in [2.75, 3.05) is 142 Å². The van der Waals surface area contributed by atoms with E-state index in [0.717, 1.165) is 97.4 Å². The highest BCUT2D eigenvalue weighted by Gasteiger charge is 2.14. The van der Waals surface area contributed by atoms with Gasteiger partial charge in [-0.1, -0.05) is 0 Å². The van der Waals surface area contributed by atoms with Gasteiger partial charge in [-0.05, 0) is 108 Å². The number of β-amino-alcohol motifs (C(OH)–C–C–N with tert-alkyl or cyclic N) is 1. The summed E-state index contributed by atoms with van der Waals surface area (Å²) in [4.78, 5) is 10.3. The van der Waals surface area contributed by atoms with E-state index in [1.807, 2.05) is 64.0 Å². The fourth-order valence-corrected chi connectivity index (χ4v) is 4.95. The van der Waals surface area contributed by atoms with Gasteiger partial charge in [0, 0.05) is 59.6 Å². The lowest BCUT2D eigenvalue weighted by atomic mass is 10.1. The van der Waals surface area contributed by atoms with E-state index in [1.54, 1.807) is 7.11 Å². The Balaban J connectivity index is 0. The van der Waals surface area contributed by atoms with Gasteiger partial charge in [0.2, 0.25) is 0 Å². The summed E-state index contributed by atoms with van der Waals surface area (Å²) in [6.45, 7) is 9.32. The molecule has 0 aromatic carbocycles. The minimum absolute atomic E-state index is 0.0220. The summed E-state index contributed by atoms with van der Waals surface area (Å²) in [6.07, 6.45) is 5.77. The third-order valence-corrected chi connectivity index (χ3v) is 7.42. The van der Waals surface area contributed by atoms with Gasteiger partial charge in [0.05, 0.1) is 56.4 Å². The summed E-state index contributed by atoms with van der Waals surface area (Å²) in [5.41, 5.74) is 0. The van der Waals surface area contributed by atoms with Gasteiger partial charge in [0.25, 0.3) is 0 Å². The summed E-state index contributed by atoms with van der Waals surface area (Å²) in [6, 6.07) is 0. The SMILES string of the molecule is CN(C)CC(O)CN(C)C.CN1CCC(O)CC1.CN1CCCC(O)C1.COCC(O)CN(C)C.OC1CCCOC1.OC1CCOC1. The molecule has 14 nitrogen and oxygen atoms in total. The second-order valence-corrected chi connectivity index (χ2v) is 14.0. The first kappa shape index (κ1) is 49.6. The zero-order valence-corrected chi connectivity index (χ0v) is 32.0. The molecule has 4 unspecified atom stereocenters. The van der Waals surface area contributed by atoms with Crippen molar-refractivity contribution in [2.45, 2.75) is 81.6 Å². The Morgan fingerprint density at radius 1 is 0.604 bits per heavy atom. The molecule has 4 fully saturated rings. The lowest BCUT2D eigenvalue weighted by molar-refractivity contribution is -0.00535. The van der Waals surface area contributed by atoms with Crippen LogP contribution in [0.5, 0.6) is 0 Å². The first-order valence-electron chi connectivity index (χ1n) is 17.6. The second-order valence-electron chi connectivity index (χ2n) is 14.0. The third-order valence-electron chi connectivity index (χ3n) is 7.42. The summed E-state index contributed by atoms with van der Waals surface area (Å²) in [5.74, 6) is 0. The molecule has 0 radical (unpaired) electrons. The summed E-state index contributed by atoms with van der Waals surface area (Å²) < 4.78 is 14.5.